The summed E-state index contributed by atoms with van der Waals surface area (Å²) in [5, 5.41) is 23.6. The maximum Gasteiger partial charge on any atom is 0.573 e. The smallest absolute Gasteiger partial charge is 0.406 e. The van der Waals surface area contributed by atoms with Gasteiger partial charge in [-0.25, -0.2) is 0 Å². The van der Waals surface area contributed by atoms with Crippen LogP contribution >= 0.6 is 23.1 Å². The molecule has 15 heteroatoms. The standard InChI is InChI=1S/C18H12F3N5O5S2/c19-18(20,21)31-13-6-4-11(5-7-13)22-14(27)9-32-17-25-24-16(33-17)23-15(28)10-2-1-3-12(8-10)26(29)30/h1-8H,9H2,(H,22,27)(H,23,24,28). The molecule has 0 spiro atoms. The molecule has 0 fully saturated rings. The van der Waals surface area contributed by atoms with Crippen molar-refractivity contribution in [2.75, 3.05) is 16.4 Å². The average Bonchev–Trinajstić information content (AvgIpc) is 3.20. The molecule has 1 heterocycles. The molecule has 0 unspecified atom stereocenters. The highest BCUT2D eigenvalue weighted by Gasteiger charge is 2.31. The van der Waals surface area contributed by atoms with E-state index in [1.807, 2.05) is 0 Å². The van der Waals surface area contributed by atoms with Crippen LogP contribution in [0.15, 0.2) is 52.9 Å². The topological polar surface area (TPSA) is 136 Å². The highest BCUT2D eigenvalue weighted by Crippen LogP contribution is 2.27. The molecule has 2 N–H and O–H groups in total. The fourth-order valence-corrected chi connectivity index (χ4v) is 3.86. The largest absolute Gasteiger partial charge is 0.573 e. The summed E-state index contributed by atoms with van der Waals surface area (Å²) in [4.78, 5) is 34.5. The Labute approximate surface area is 191 Å². The molecule has 10 nitrogen and oxygen atoms in total. The van der Waals surface area contributed by atoms with Gasteiger partial charge in [-0.1, -0.05) is 29.2 Å². The number of halogens is 3. The second-order valence-electron chi connectivity index (χ2n) is 6.04. The highest BCUT2D eigenvalue weighted by atomic mass is 32.2. The van der Waals surface area contributed by atoms with Crippen LogP contribution in [0, 0.1) is 10.1 Å². The molecule has 2 aromatic carbocycles. The third-order valence-corrected chi connectivity index (χ3v) is 5.62. The van der Waals surface area contributed by atoms with Gasteiger partial charge < -0.3 is 10.1 Å². The minimum atomic E-state index is -4.81. The molecule has 1 aromatic heterocycles. The fourth-order valence-electron chi connectivity index (χ4n) is 2.31. The Morgan fingerprint density at radius 1 is 1.12 bits per heavy atom. The third kappa shape index (κ3) is 7.43. The summed E-state index contributed by atoms with van der Waals surface area (Å²) in [7, 11) is 0. The van der Waals surface area contributed by atoms with Crippen molar-refractivity contribution in [3.8, 4) is 5.75 Å². The first kappa shape index (κ1) is 23.9. The summed E-state index contributed by atoms with van der Waals surface area (Å²) in [5.74, 6) is -1.54. The number of hydrogen-bond donors (Lipinski definition) is 2. The van der Waals surface area contributed by atoms with Gasteiger partial charge in [0.2, 0.25) is 11.0 Å². The molecule has 0 saturated heterocycles. The number of aromatic nitrogens is 2. The minimum absolute atomic E-state index is 0.0691. The summed E-state index contributed by atoms with van der Waals surface area (Å²) >= 11 is 2.02. The summed E-state index contributed by atoms with van der Waals surface area (Å²) in [5.41, 5.74) is 0.113. The number of thioether (sulfide) groups is 1. The van der Waals surface area contributed by atoms with Crippen molar-refractivity contribution in [3.05, 3.63) is 64.2 Å². The fraction of sp³-hybridized carbons (Fsp3) is 0.111. The number of amides is 2. The van der Waals surface area contributed by atoms with Crippen molar-refractivity contribution < 1.29 is 32.4 Å². The van der Waals surface area contributed by atoms with Crippen LogP contribution in [0.5, 0.6) is 5.75 Å². The summed E-state index contributed by atoms with van der Waals surface area (Å²) in [6.07, 6.45) is -4.81. The number of benzene rings is 2. The van der Waals surface area contributed by atoms with Gasteiger partial charge in [0.25, 0.3) is 11.6 Å². The molecule has 0 aliphatic rings. The molecular weight excluding hydrogens is 487 g/mol. The van der Waals surface area contributed by atoms with Gasteiger partial charge in [-0.2, -0.15) is 0 Å². The predicted molar refractivity (Wildman–Crippen MR) is 113 cm³/mol. The maximum absolute atomic E-state index is 12.2. The van der Waals surface area contributed by atoms with Gasteiger partial charge in [-0.15, -0.1) is 23.4 Å². The molecule has 0 aliphatic carbocycles. The molecule has 0 saturated carbocycles. The SMILES string of the molecule is O=C(CSc1nnc(NC(=O)c2cccc([N+](=O)[O-])c2)s1)Nc1ccc(OC(F)(F)F)cc1. The monoisotopic (exact) mass is 499 g/mol. The quantitative estimate of drug-likeness (QED) is 0.202. The van der Waals surface area contributed by atoms with Gasteiger partial charge >= 0.3 is 6.36 Å². The van der Waals surface area contributed by atoms with Gasteiger partial charge in [0.15, 0.2) is 4.34 Å². The number of carbonyl (C=O) groups excluding carboxylic acids is 2. The maximum atomic E-state index is 12.2. The molecule has 0 atom stereocenters. The van der Waals surface area contributed by atoms with Crippen molar-refractivity contribution in [1.82, 2.24) is 10.2 Å². The van der Waals surface area contributed by atoms with Crippen molar-refractivity contribution in [2.24, 2.45) is 0 Å². The molecule has 0 radical (unpaired) electrons. The Balaban J connectivity index is 1.49. The van der Waals surface area contributed by atoms with E-state index in [0.29, 0.717) is 4.34 Å². The number of hydrogen-bond acceptors (Lipinski definition) is 9. The van der Waals surface area contributed by atoms with Crippen LogP contribution in [-0.2, 0) is 4.79 Å². The van der Waals surface area contributed by atoms with Crippen molar-refractivity contribution in [2.45, 2.75) is 10.7 Å². The van der Waals surface area contributed by atoms with Crippen molar-refractivity contribution >= 4 is 51.4 Å². The Kier molecular flexibility index (Phi) is 7.44. The van der Waals surface area contributed by atoms with E-state index in [9.17, 15) is 32.9 Å². The van der Waals surface area contributed by atoms with E-state index in [0.717, 1.165) is 41.3 Å². The highest BCUT2D eigenvalue weighted by molar-refractivity contribution is 8.01. The molecule has 172 valence electrons. The third-order valence-electron chi connectivity index (χ3n) is 3.64. The summed E-state index contributed by atoms with van der Waals surface area (Å²) < 4.78 is 40.6. The van der Waals surface area contributed by atoms with Crippen molar-refractivity contribution in [3.63, 3.8) is 0 Å². The normalized spacial score (nSPS) is 11.0. The van der Waals surface area contributed by atoms with E-state index in [2.05, 4.69) is 25.6 Å². The lowest BCUT2D eigenvalue weighted by Crippen LogP contribution is -2.17. The molecular formula is C18H12F3N5O5S2. The van der Waals surface area contributed by atoms with E-state index >= 15 is 0 Å². The molecule has 33 heavy (non-hydrogen) atoms. The number of non-ortho nitro benzene ring substituents is 1. The van der Waals surface area contributed by atoms with E-state index in [-0.39, 0.29) is 27.8 Å². The molecule has 2 amide bonds. The van der Waals surface area contributed by atoms with Crippen LogP contribution in [0.1, 0.15) is 10.4 Å². The molecule has 3 rings (SSSR count). The first-order valence-corrected chi connectivity index (χ1v) is 10.6. The Morgan fingerprint density at radius 3 is 2.52 bits per heavy atom. The first-order chi connectivity index (χ1) is 15.6. The van der Waals surface area contributed by atoms with Crippen LogP contribution in [0.4, 0.5) is 29.7 Å². The number of rotatable bonds is 8. The second-order valence-corrected chi connectivity index (χ2v) is 8.24. The first-order valence-electron chi connectivity index (χ1n) is 8.77. The second kappa shape index (κ2) is 10.3. The van der Waals surface area contributed by atoms with Crippen LogP contribution in [-0.4, -0.2) is 39.1 Å². The van der Waals surface area contributed by atoms with E-state index in [1.54, 1.807) is 0 Å². The summed E-state index contributed by atoms with van der Waals surface area (Å²) in [6, 6.07) is 9.82. The zero-order valence-corrected chi connectivity index (χ0v) is 17.8. The van der Waals surface area contributed by atoms with Gasteiger partial charge in [0.05, 0.1) is 10.7 Å². The molecule has 0 aliphatic heterocycles. The van der Waals surface area contributed by atoms with Gasteiger partial charge in [-0.05, 0) is 30.3 Å². The van der Waals surface area contributed by atoms with E-state index in [1.165, 1.54) is 30.3 Å². The number of carbonyl (C=O) groups is 2. The van der Waals surface area contributed by atoms with E-state index < -0.39 is 28.8 Å². The number of nitrogens with zero attached hydrogens (tertiary/aromatic N) is 3. The lowest BCUT2D eigenvalue weighted by molar-refractivity contribution is -0.384. The number of nitro groups is 1. The average molecular weight is 499 g/mol. The zero-order chi connectivity index (χ0) is 24.0. The lowest BCUT2D eigenvalue weighted by Gasteiger charge is -2.09. The van der Waals surface area contributed by atoms with Crippen LogP contribution in [0.25, 0.3) is 0 Å². The number of nitrogens with one attached hydrogen (secondary N) is 2. The lowest BCUT2D eigenvalue weighted by atomic mass is 10.2. The Morgan fingerprint density at radius 2 is 1.85 bits per heavy atom. The van der Waals surface area contributed by atoms with Gasteiger partial charge in [-0.3, -0.25) is 25.0 Å². The van der Waals surface area contributed by atoms with Gasteiger partial charge in [0, 0.05) is 23.4 Å². The zero-order valence-electron chi connectivity index (χ0n) is 16.2. The Bertz CT molecular complexity index is 1170. The molecule has 0 bridgehead atoms. The number of nitro benzene ring substituents is 1. The van der Waals surface area contributed by atoms with Crippen LogP contribution in [0.2, 0.25) is 0 Å². The number of alkyl halides is 3. The number of ether oxygens (including phenoxy) is 1. The Hall–Kier alpha value is -3.72. The van der Waals surface area contributed by atoms with E-state index in [4.69, 9.17) is 0 Å². The summed E-state index contributed by atoms with van der Waals surface area (Å²) in [6.45, 7) is 0. The van der Waals surface area contributed by atoms with Crippen LogP contribution < -0.4 is 15.4 Å². The minimum Gasteiger partial charge on any atom is -0.406 e. The molecule has 3 aromatic rings. The van der Waals surface area contributed by atoms with Crippen LogP contribution in [0.3, 0.4) is 0 Å². The number of anilines is 2. The predicted octanol–water partition coefficient (Wildman–Crippen LogP) is 4.33. The van der Waals surface area contributed by atoms with Gasteiger partial charge in [0.1, 0.15) is 5.75 Å². The van der Waals surface area contributed by atoms with Crippen molar-refractivity contribution in [1.29, 1.82) is 0 Å².